The van der Waals surface area contributed by atoms with Crippen molar-refractivity contribution in [2.75, 3.05) is 6.61 Å². The highest BCUT2D eigenvalue weighted by Gasteiger charge is 2.26. The molecule has 0 amide bonds. The van der Waals surface area contributed by atoms with E-state index in [2.05, 4.69) is 0 Å². The number of aliphatic hydroxyl groups excluding tert-OH is 3. The number of hydrogen-bond acceptors (Lipinski definition) is 4. The summed E-state index contributed by atoms with van der Waals surface area (Å²) in [6.07, 6.45) is -0.962. The highest BCUT2D eigenvalue weighted by Crippen LogP contribution is 2.19. The Kier molecular flexibility index (Phi) is 3.44. The fraction of sp³-hybridized carbons (Fsp3) is 0.778. The molecular formula is C9H16O4. The van der Waals surface area contributed by atoms with Crippen LogP contribution in [0.25, 0.3) is 0 Å². The predicted octanol–water partition coefficient (Wildman–Crippen LogP) is -0.566. The van der Waals surface area contributed by atoms with Gasteiger partial charge in [-0.3, -0.25) is 0 Å². The normalized spacial score (nSPS) is 29.6. The van der Waals surface area contributed by atoms with Gasteiger partial charge in [0.25, 0.3) is 0 Å². The molecule has 4 nitrogen and oxygen atoms in total. The van der Waals surface area contributed by atoms with Gasteiger partial charge in [0.2, 0.25) is 0 Å². The minimum absolute atomic E-state index is 0.279. The highest BCUT2D eigenvalue weighted by molar-refractivity contribution is 5.17. The average Bonchev–Trinajstić information content (AvgIpc) is 2.50. The van der Waals surface area contributed by atoms with E-state index in [1.807, 2.05) is 0 Å². The summed E-state index contributed by atoms with van der Waals surface area (Å²) in [6.45, 7) is 3.42. The summed E-state index contributed by atoms with van der Waals surface area (Å²) in [6, 6.07) is 0. The van der Waals surface area contributed by atoms with Crippen molar-refractivity contribution in [3.8, 4) is 0 Å². The molecule has 3 N–H and O–H groups in total. The van der Waals surface area contributed by atoms with E-state index >= 15 is 0 Å². The smallest absolute Gasteiger partial charge is 0.103 e. The molecular weight excluding hydrogens is 172 g/mol. The Hall–Kier alpha value is -0.420. The maximum absolute atomic E-state index is 9.45. The second kappa shape index (κ2) is 4.19. The van der Waals surface area contributed by atoms with Gasteiger partial charge < -0.3 is 20.1 Å². The first kappa shape index (κ1) is 10.7. The van der Waals surface area contributed by atoms with Crippen LogP contribution in [-0.2, 0) is 4.74 Å². The molecule has 0 aromatic heterocycles. The van der Waals surface area contributed by atoms with E-state index in [4.69, 9.17) is 9.84 Å². The van der Waals surface area contributed by atoms with Crippen molar-refractivity contribution in [1.29, 1.82) is 0 Å². The first-order chi connectivity index (χ1) is 6.02. The van der Waals surface area contributed by atoms with Crippen LogP contribution in [0.3, 0.4) is 0 Å². The monoisotopic (exact) mass is 188 g/mol. The predicted molar refractivity (Wildman–Crippen MR) is 47.2 cm³/mol. The molecule has 1 rings (SSSR count). The topological polar surface area (TPSA) is 69.9 Å². The van der Waals surface area contributed by atoms with Gasteiger partial charge in [-0.15, -0.1) is 0 Å². The lowest BCUT2D eigenvalue weighted by molar-refractivity contribution is 0.0134. The lowest BCUT2D eigenvalue weighted by Crippen LogP contribution is -2.25. The molecule has 1 aliphatic heterocycles. The van der Waals surface area contributed by atoms with Crippen molar-refractivity contribution in [3.63, 3.8) is 0 Å². The van der Waals surface area contributed by atoms with Crippen LogP contribution in [0.1, 0.15) is 13.8 Å². The van der Waals surface area contributed by atoms with Crippen LogP contribution in [0, 0.1) is 0 Å². The molecule has 1 aliphatic rings. The molecule has 0 saturated carbocycles. The zero-order valence-electron chi connectivity index (χ0n) is 7.84. The summed E-state index contributed by atoms with van der Waals surface area (Å²) in [5, 5.41) is 27.7. The fourth-order valence-electron chi connectivity index (χ4n) is 1.27. The van der Waals surface area contributed by atoms with Crippen LogP contribution < -0.4 is 0 Å². The Morgan fingerprint density at radius 2 is 2.00 bits per heavy atom. The standard InChI is InChI=1S/C9H16O4/c1-5(10)8-3-7(4-13-8)9(12)6(2)11/h3,5-6,8-12H,4H2,1-2H3/t5-,6+,8-,9-/m0/s1. The number of aliphatic hydroxyl groups is 3. The van der Waals surface area contributed by atoms with Gasteiger partial charge in [-0.25, -0.2) is 0 Å². The first-order valence-corrected chi connectivity index (χ1v) is 4.38. The minimum Gasteiger partial charge on any atom is -0.390 e. The molecule has 0 aliphatic carbocycles. The summed E-state index contributed by atoms with van der Waals surface area (Å²) in [5.41, 5.74) is 0.640. The first-order valence-electron chi connectivity index (χ1n) is 4.38. The zero-order valence-corrected chi connectivity index (χ0v) is 7.84. The Morgan fingerprint density at radius 3 is 2.38 bits per heavy atom. The third kappa shape index (κ3) is 2.51. The van der Waals surface area contributed by atoms with Crippen molar-refractivity contribution in [1.82, 2.24) is 0 Å². The molecule has 76 valence electrons. The zero-order chi connectivity index (χ0) is 10.0. The van der Waals surface area contributed by atoms with Gasteiger partial charge in [0, 0.05) is 0 Å². The van der Waals surface area contributed by atoms with E-state index < -0.39 is 18.3 Å². The van der Waals surface area contributed by atoms with Crippen molar-refractivity contribution in [2.24, 2.45) is 0 Å². The van der Waals surface area contributed by atoms with Crippen molar-refractivity contribution < 1.29 is 20.1 Å². The largest absolute Gasteiger partial charge is 0.390 e. The molecule has 13 heavy (non-hydrogen) atoms. The second-order valence-electron chi connectivity index (χ2n) is 3.44. The fourth-order valence-corrected chi connectivity index (χ4v) is 1.27. The lowest BCUT2D eigenvalue weighted by Gasteiger charge is -2.13. The molecule has 0 spiro atoms. The molecule has 0 aromatic rings. The van der Waals surface area contributed by atoms with E-state index in [0.29, 0.717) is 5.57 Å². The third-order valence-corrected chi connectivity index (χ3v) is 2.13. The van der Waals surface area contributed by atoms with Gasteiger partial charge in [-0.05, 0) is 25.5 Å². The Bertz CT molecular complexity index is 198. The lowest BCUT2D eigenvalue weighted by atomic mass is 10.1. The average molecular weight is 188 g/mol. The molecule has 4 atom stereocenters. The van der Waals surface area contributed by atoms with Gasteiger partial charge in [-0.2, -0.15) is 0 Å². The molecule has 4 heteroatoms. The van der Waals surface area contributed by atoms with Gasteiger partial charge in [0.05, 0.1) is 18.8 Å². The van der Waals surface area contributed by atoms with Gasteiger partial charge in [0.15, 0.2) is 0 Å². The van der Waals surface area contributed by atoms with Gasteiger partial charge >= 0.3 is 0 Å². The molecule has 0 unspecified atom stereocenters. The van der Waals surface area contributed by atoms with E-state index in [-0.39, 0.29) is 12.7 Å². The maximum atomic E-state index is 9.45. The summed E-state index contributed by atoms with van der Waals surface area (Å²) in [5.74, 6) is 0. The van der Waals surface area contributed by atoms with Crippen molar-refractivity contribution in [3.05, 3.63) is 11.6 Å². The summed E-state index contributed by atoms with van der Waals surface area (Å²) >= 11 is 0. The van der Waals surface area contributed by atoms with Gasteiger partial charge in [0.1, 0.15) is 12.2 Å². The van der Waals surface area contributed by atoms with E-state index in [9.17, 15) is 10.2 Å². The molecule has 0 fully saturated rings. The molecule has 1 heterocycles. The summed E-state index contributed by atoms with van der Waals surface area (Å²) in [7, 11) is 0. The van der Waals surface area contributed by atoms with Gasteiger partial charge in [-0.1, -0.05) is 0 Å². The highest BCUT2D eigenvalue weighted by atomic mass is 16.5. The second-order valence-corrected chi connectivity index (χ2v) is 3.44. The Labute approximate surface area is 77.5 Å². The Morgan fingerprint density at radius 1 is 1.38 bits per heavy atom. The minimum atomic E-state index is -0.885. The number of rotatable bonds is 3. The number of ether oxygens (including phenoxy) is 1. The molecule has 0 radical (unpaired) electrons. The van der Waals surface area contributed by atoms with E-state index in [0.717, 1.165) is 0 Å². The van der Waals surface area contributed by atoms with Crippen LogP contribution in [0.4, 0.5) is 0 Å². The van der Waals surface area contributed by atoms with Crippen molar-refractivity contribution in [2.45, 2.75) is 38.3 Å². The molecule has 0 bridgehead atoms. The third-order valence-electron chi connectivity index (χ3n) is 2.13. The Balaban J connectivity index is 2.58. The van der Waals surface area contributed by atoms with Crippen LogP contribution in [0.2, 0.25) is 0 Å². The van der Waals surface area contributed by atoms with Crippen LogP contribution >= 0.6 is 0 Å². The van der Waals surface area contributed by atoms with Crippen molar-refractivity contribution >= 4 is 0 Å². The maximum Gasteiger partial charge on any atom is 0.103 e. The van der Waals surface area contributed by atoms with Crippen LogP contribution in [-0.4, -0.2) is 46.3 Å². The SMILES string of the molecule is C[C@H](O)[C@@H]1C=C([C@@H](O)[C@@H](C)O)CO1. The quantitative estimate of drug-likeness (QED) is 0.519. The molecule has 0 aromatic carbocycles. The molecule has 0 saturated heterocycles. The van der Waals surface area contributed by atoms with E-state index in [1.54, 1.807) is 13.0 Å². The summed E-state index contributed by atoms with van der Waals surface area (Å²) in [4.78, 5) is 0. The summed E-state index contributed by atoms with van der Waals surface area (Å²) < 4.78 is 5.18. The van der Waals surface area contributed by atoms with Crippen LogP contribution in [0.5, 0.6) is 0 Å². The number of hydrogen-bond donors (Lipinski definition) is 3. The van der Waals surface area contributed by atoms with E-state index in [1.165, 1.54) is 6.92 Å². The van der Waals surface area contributed by atoms with Crippen LogP contribution in [0.15, 0.2) is 11.6 Å².